The zero-order valence-electron chi connectivity index (χ0n) is 8.11. The maximum Gasteiger partial charge on any atom is 0.149 e. The van der Waals surface area contributed by atoms with Gasteiger partial charge in [-0.3, -0.25) is 4.98 Å². The highest BCUT2D eigenvalue weighted by atomic mass is 35.5. The van der Waals surface area contributed by atoms with Crippen LogP contribution in [-0.4, -0.2) is 23.6 Å². The predicted octanol–water partition coefficient (Wildman–Crippen LogP) is 1.73. The van der Waals surface area contributed by atoms with Crippen molar-refractivity contribution in [1.29, 1.82) is 5.26 Å². The molecule has 0 spiro atoms. The first-order valence-corrected chi connectivity index (χ1v) is 4.59. The normalized spacial score (nSPS) is 11.9. The fraction of sp³-hybridized carbons (Fsp3) is 0.444. The number of nitriles is 1. The predicted molar refractivity (Wildman–Crippen MR) is 55.1 cm³/mol. The van der Waals surface area contributed by atoms with Gasteiger partial charge < -0.3 is 4.90 Å². The van der Waals surface area contributed by atoms with Gasteiger partial charge in [0.05, 0.1) is 24.4 Å². The third-order valence-corrected chi connectivity index (χ3v) is 1.93. The Morgan fingerprint density at radius 3 is 2.93 bits per heavy atom. The van der Waals surface area contributed by atoms with E-state index in [-0.39, 0.29) is 5.92 Å². The highest BCUT2D eigenvalue weighted by Crippen LogP contribution is 2.11. The van der Waals surface area contributed by atoms with Crippen molar-refractivity contribution in [2.75, 3.05) is 18.5 Å². The highest BCUT2D eigenvalue weighted by molar-refractivity contribution is 6.29. The smallest absolute Gasteiger partial charge is 0.149 e. The molecule has 1 rings (SSSR count). The molecule has 0 fully saturated rings. The lowest BCUT2D eigenvalue weighted by atomic mass is 10.2. The Morgan fingerprint density at radius 1 is 1.64 bits per heavy atom. The van der Waals surface area contributed by atoms with Gasteiger partial charge >= 0.3 is 0 Å². The molecule has 1 atom stereocenters. The fourth-order valence-corrected chi connectivity index (χ4v) is 1.20. The zero-order valence-corrected chi connectivity index (χ0v) is 8.86. The van der Waals surface area contributed by atoms with E-state index in [1.165, 1.54) is 6.20 Å². The molecule has 1 unspecified atom stereocenters. The molecule has 0 aromatic carbocycles. The number of anilines is 1. The minimum absolute atomic E-state index is 0.0409. The quantitative estimate of drug-likeness (QED) is 0.763. The van der Waals surface area contributed by atoms with Crippen LogP contribution in [0.4, 0.5) is 5.82 Å². The van der Waals surface area contributed by atoms with Crippen molar-refractivity contribution in [3.8, 4) is 6.07 Å². The van der Waals surface area contributed by atoms with Gasteiger partial charge in [-0.1, -0.05) is 11.6 Å². The van der Waals surface area contributed by atoms with Gasteiger partial charge in [-0.25, -0.2) is 4.98 Å². The number of halogens is 1. The number of hydrogen-bond donors (Lipinski definition) is 0. The van der Waals surface area contributed by atoms with Crippen LogP contribution in [0.2, 0.25) is 5.15 Å². The van der Waals surface area contributed by atoms with Crippen molar-refractivity contribution in [2.24, 2.45) is 5.92 Å². The Bertz CT molecular complexity index is 347. The Labute approximate surface area is 88.2 Å². The second-order valence-corrected chi connectivity index (χ2v) is 3.50. The monoisotopic (exact) mass is 210 g/mol. The molecule has 0 bridgehead atoms. The molecular formula is C9H11ClN4. The topological polar surface area (TPSA) is 52.8 Å². The average Bonchev–Trinajstić information content (AvgIpc) is 2.17. The minimum Gasteiger partial charge on any atom is -0.357 e. The number of hydrogen-bond acceptors (Lipinski definition) is 4. The van der Waals surface area contributed by atoms with E-state index in [2.05, 4.69) is 16.0 Å². The van der Waals surface area contributed by atoms with Crippen molar-refractivity contribution in [3.05, 3.63) is 17.5 Å². The van der Waals surface area contributed by atoms with E-state index < -0.39 is 0 Å². The van der Waals surface area contributed by atoms with E-state index >= 15 is 0 Å². The second-order valence-electron chi connectivity index (χ2n) is 3.11. The summed E-state index contributed by atoms with van der Waals surface area (Å²) in [5, 5.41) is 9.01. The molecule has 0 saturated heterocycles. The van der Waals surface area contributed by atoms with E-state index in [0.29, 0.717) is 17.5 Å². The standard InChI is InChI=1S/C9H11ClN4/c1-7(3-11)6-14(2)9-5-12-4-8(10)13-9/h4-5,7H,6H2,1-2H3. The van der Waals surface area contributed by atoms with Crippen molar-refractivity contribution < 1.29 is 0 Å². The zero-order chi connectivity index (χ0) is 10.6. The average molecular weight is 211 g/mol. The lowest BCUT2D eigenvalue weighted by Crippen LogP contribution is -2.24. The molecular weight excluding hydrogens is 200 g/mol. The van der Waals surface area contributed by atoms with Crippen molar-refractivity contribution in [2.45, 2.75) is 6.92 Å². The summed E-state index contributed by atoms with van der Waals surface area (Å²) in [5.74, 6) is 0.639. The van der Waals surface area contributed by atoms with Gasteiger partial charge in [-0.05, 0) is 6.92 Å². The lowest BCUT2D eigenvalue weighted by Gasteiger charge is -2.18. The molecule has 1 heterocycles. The number of aromatic nitrogens is 2. The molecule has 1 aromatic heterocycles. The van der Waals surface area contributed by atoms with Gasteiger partial charge in [0, 0.05) is 13.6 Å². The summed E-state index contributed by atoms with van der Waals surface area (Å²) in [4.78, 5) is 9.85. The van der Waals surface area contributed by atoms with Gasteiger partial charge in [0.1, 0.15) is 11.0 Å². The Balaban J connectivity index is 2.70. The van der Waals surface area contributed by atoms with Crippen LogP contribution in [0.5, 0.6) is 0 Å². The summed E-state index contributed by atoms with van der Waals surface area (Å²) < 4.78 is 0. The first kappa shape index (κ1) is 10.7. The maximum absolute atomic E-state index is 8.65. The van der Waals surface area contributed by atoms with Gasteiger partial charge in [-0.2, -0.15) is 5.26 Å². The van der Waals surface area contributed by atoms with Crippen molar-refractivity contribution >= 4 is 17.4 Å². The third-order valence-electron chi connectivity index (χ3n) is 1.75. The number of rotatable bonds is 3. The van der Waals surface area contributed by atoms with Gasteiger partial charge in [0.2, 0.25) is 0 Å². The van der Waals surface area contributed by atoms with Crippen molar-refractivity contribution in [3.63, 3.8) is 0 Å². The third kappa shape index (κ3) is 2.86. The van der Waals surface area contributed by atoms with E-state index in [0.717, 1.165) is 0 Å². The largest absolute Gasteiger partial charge is 0.357 e. The molecule has 0 aliphatic heterocycles. The molecule has 0 N–H and O–H groups in total. The van der Waals surface area contributed by atoms with Crippen LogP contribution in [0.15, 0.2) is 12.4 Å². The summed E-state index contributed by atoms with van der Waals surface area (Å²) in [6, 6.07) is 2.16. The van der Waals surface area contributed by atoms with Gasteiger partial charge in [0.15, 0.2) is 0 Å². The van der Waals surface area contributed by atoms with Crippen LogP contribution in [-0.2, 0) is 0 Å². The highest BCUT2D eigenvalue weighted by Gasteiger charge is 2.07. The molecule has 0 radical (unpaired) electrons. The maximum atomic E-state index is 8.65. The summed E-state index contributed by atoms with van der Waals surface area (Å²) >= 11 is 5.69. The summed E-state index contributed by atoms with van der Waals surface area (Å²) in [6.07, 6.45) is 3.10. The fourth-order valence-electron chi connectivity index (χ4n) is 1.06. The first-order chi connectivity index (χ1) is 6.63. The number of nitrogens with zero attached hydrogens (tertiary/aromatic N) is 4. The minimum atomic E-state index is -0.0409. The molecule has 5 heteroatoms. The van der Waals surface area contributed by atoms with E-state index in [1.54, 1.807) is 6.20 Å². The van der Waals surface area contributed by atoms with Gasteiger partial charge in [0.25, 0.3) is 0 Å². The van der Waals surface area contributed by atoms with Crippen LogP contribution in [0.3, 0.4) is 0 Å². The molecule has 74 valence electrons. The lowest BCUT2D eigenvalue weighted by molar-refractivity contribution is 0.709. The molecule has 4 nitrogen and oxygen atoms in total. The molecule has 14 heavy (non-hydrogen) atoms. The molecule has 0 aliphatic carbocycles. The van der Waals surface area contributed by atoms with E-state index in [4.69, 9.17) is 16.9 Å². The van der Waals surface area contributed by atoms with E-state index in [9.17, 15) is 0 Å². The Kier molecular flexibility index (Phi) is 3.66. The molecule has 1 aromatic rings. The van der Waals surface area contributed by atoms with Crippen LogP contribution in [0.25, 0.3) is 0 Å². The van der Waals surface area contributed by atoms with Crippen LogP contribution in [0, 0.1) is 17.2 Å². The van der Waals surface area contributed by atoms with Crippen LogP contribution >= 0.6 is 11.6 Å². The Morgan fingerprint density at radius 2 is 2.36 bits per heavy atom. The summed E-state index contributed by atoms with van der Waals surface area (Å²) in [6.45, 7) is 2.47. The van der Waals surface area contributed by atoms with E-state index in [1.807, 2.05) is 18.9 Å². The van der Waals surface area contributed by atoms with Crippen molar-refractivity contribution in [1.82, 2.24) is 9.97 Å². The second kappa shape index (κ2) is 4.77. The molecule has 0 aliphatic rings. The van der Waals surface area contributed by atoms with Crippen LogP contribution < -0.4 is 4.90 Å². The molecule has 0 saturated carbocycles. The SMILES string of the molecule is CC(C#N)CN(C)c1cncc(Cl)n1. The van der Waals surface area contributed by atoms with Crippen LogP contribution in [0.1, 0.15) is 6.92 Å². The molecule has 0 amide bonds. The van der Waals surface area contributed by atoms with Gasteiger partial charge in [-0.15, -0.1) is 0 Å². The summed E-state index contributed by atoms with van der Waals surface area (Å²) in [7, 11) is 1.86. The Hall–Kier alpha value is -1.34. The summed E-state index contributed by atoms with van der Waals surface area (Å²) in [5.41, 5.74) is 0. The first-order valence-electron chi connectivity index (χ1n) is 4.21.